The Labute approximate surface area is 236 Å². The average Bonchev–Trinajstić information content (AvgIpc) is 3.48. The highest BCUT2D eigenvalue weighted by Gasteiger charge is 2.12. The number of hydrogen-bond acceptors (Lipinski definition) is 7. The number of rotatable bonds is 13. The Kier molecular flexibility index (Phi) is 11.5. The highest BCUT2D eigenvalue weighted by Crippen LogP contribution is 2.29. The molecule has 1 aliphatic rings. The summed E-state index contributed by atoms with van der Waals surface area (Å²) in [6.45, 7) is 9.49. The van der Waals surface area contributed by atoms with E-state index in [1.165, 1.54) is 18.9 Å². The number of anilines is 2. The highest BCUT2D eigenvalue weighted by molar-refractivity contribution is 6.09. The fraction of sp³-hybridized carbons (Fsp3) is 0.323. The van der Waals surface area contributed by atoms with Crippen molar-refractivity contribution in [1.29, 1.82) is 0 Å². The summed E-state index contributed by atoms with van der Waals surface area (Å²) in [6.07, 6.45) is 8.39. The van der Waals surface area contributed by atoms with E-state index in [9.17, 15) is 9.59 Å². The van der Waals surface area contributed by atoms with Crippen molar-refractivity contribution >= 4 is 34.6 Å². The van der Waals surface area contributed by atoms with Gasteiger partial charge in [-0.15, -0.1) is 0 Å². The maximum Gasteiger partial charge on any atom is 0.271 e. The summed E-state index contributed by atoms with van der Waals surface area (Å²) in [5.41, 5.74) is 9.99. The van der Waals surface area contributed by atoms with Crippen LogP contribution < -0.4 is 26.4 Å². The molecule has 1 fully saturated rings. The highest BCUT2D eigenvalue weighted by atomic mass is 16.5. The van der Waals surface area contributed by atoms with Crippen molar-refractivity contribution in [2.24, 2.45) is 10.7 Å². The number of nitrogens with two attached hydrogens (primary N) is 1. The lowest BCUT2D eigenvalue weighted by Gasteiger charge is -2.14. The van der Waals surface area contributed by atoms with Crippen molar-refractivity contribution in [3.8, 4) is 5.75 Å². The van der Waals surface area contributed by atoms with E-state index in [1.54, 1.807) is 50.5 Å². The van der Waals surface area contributed by atoms with Crippen LogP contribution in [0.5, 0.6) is 5.75 Å². The molecular weight excluding hydrogens is 504 g/mol. The van der Waals surface area contributed by atoms with Crippen LogP contribution in [-0.2, 0) is 4.79 Å². The molecule has 2 aromatic rings. The number of likely N-dealkylation sites (tertiary alicyclic amines) is 1. The summed E-state index contributed by atoms with van der Waals surface area (Å²) in [5, 5.41) is 8.82. The van der Waals surface area contributed by atoms with Gasteiger partial charge in [0.2, 0.25) is 0 Å². The number of allylic oxidation sites excluding steroid dienone is 3. The van der Waals surface area contributed by atoms with Gasteiger partial charge in [-0.05, 0) is 100 Å². The summed E-state index contributed by atoms with van der Waals surface area (Å²) in [4.78, 5) is 32.2. The van der Waals surface area contributed by atoms with Gasteiger partial charge in [0, 0.05) is 36.1 Å². The summed E-state index contributed by atoms with van der Waals surface area (Å²) in [5.74, 6) is 0.116. The van der Waals surface area contributed by atoms with Crippen molar-refractivity contribution in [3.05, 3.63) is 84.1 Å². The number of amides is 2. The van der Waals surface area contributed by atoms with E-state index in [4.69, 9.17) is 10.5 Å². The van der Waals surface area contributed by atoms with E-state index in [2.05, 4.69) is 32.4 Å². The van der Waals surface area contributed by atoms with Crippen molar-refractivity contribution < 1.29 is 14.3 Å². The first-order chi connectivity index (χ1) is 19.3. The predicted octanol–water partition coefficient (Wildman–Crippen LogP) is 4.42. The number of nitrogens with zero attached hydrogens (tertiary/aromatic N) is 2. The molecule has 9 nitrogen and oxygen atoms in total. The summed E-state index contributed by atoms with van der Waals surface area (Å²) in [7, 11) is 3.43. The average molecular weight is 545 g/mol. The zero-order chi connectivity index (χ0) is 28.9. The van der Waals surface area contributed by atoms with E-state index in [0.717, 1.165) is 37.3 Å². The number of hydrogen-bond donors (Lipinski definition) is 4. The van der Waals surface area contributed by atoms with Crippen LogP contribution in [0.2, 0.25) is 0 Å². The van der Waals surface area contributed by atoms with Gasteiger partial charge in [-0.2, -0.15) is 0 Å². The molecule has 3 rings (SSSR count). The van der Waals surface area contributed by atoms with Crippen molar-refractivity contribution in [3.63, 3.8) is 0 Å². The van der Waals surface area contributed by atoms with Crippen LogP contribution in [0.4, 0.5) is 11.4 Å². The van der Waals surface area contributed by atoms with Crippen LogP contribution >= 0.6 is 0 Å². The third-order valence-corrected chi connectivity index (χ3v) is 6.50. The zero-order valence-electron chi connectivity index (χ0n) is 23.6. The van der Waals surface area contributed by atoms with Crippen LogP contribution in [-0.4, -0.2) is 62.8 Å². The second kappa shape index (κ2) is 15.3. The van der Waals surface area contributed by atoms with Gasteiger partial charge in [0.05, 0.1) is 24.2 Å². The number of methoxy groups -OCH3 is 1. The summed E-state index contributed by atoms with van der Waals surface area (Å²) in [6, 6.07) is 12.4. The van der Waals surface area contributed by atoms with Gasteiger partial charge in [-0.25, -0.2) is 0 Å². The number of ether oxygens (including phenoxy) is 1. The molecule has 0 aromatic heterocycles. The monoisotopic (exact) mass is 544 g/mol. The molecule has 1 aliphatic heterocycles. The van der Waals surface area contributed by atoms with Gasteiger partial charge < -0.3 is 31.3 Å². The van der Waals surface area contributed by atoms with E-state index < -0.39 is 5.91 Å². The Balaban J connectivity index is 1.58. The smallest absolute Gasteiger partial charge is 0.271 e. The maximum atomic E-state index is 12.7. The van der Waals surface area contributed by atoms with Crippen molar-refractivity contribution in [2.75, 3.05) is 51.0 Å². The Bertz CT molecular complexity index is 1270. The zero-order valence-corrected chi connectivity index (χ0v) is 23.6. The molecule has 0 radical (unpaired) electrons. The van der Waals surface area contributed by atoms with Crippen molar-refractivity contribution in [2.45, 2.75) is 26.2 Å². The second-order valence-electron chi connectivity index (χ2n) is 9.50. The minimum absolute atomic E-state index is 0.00432. The van der Waals surface area contributed by atoms with E-state index in [1.807, 2.05) is 25.2 Å². The van der Waals surface area contributed by atoms with E-state index in [0.29, 0.717) is 35.0 Å². The summed E-state index contributed by atoms with van der Waals surface area (Å²) < 4.78 is 5.36. The standard InChI is InChI=1S/C31H40N6O3/c1-5-9-27(24-12-15-29(40-4)28(21-24)33-3)35-22(2)20-26(32)31(39)36-25-13-10-23(11-14-25)30(38)34-16-8-19-37-17-6-7-18-37/h5,9-15,20-21,33H,1,6-8,16-19,32H2,2-4H3,(H,34,38)(H,36,39)/b26-20-,27-9-,35-22-. The molecular formula is C31H40N6O3. The third-order valence-electron chi connectivity index (χ3n) is 6.50. The number of carbonyl (C=O) groups excluding carboxylic acids is 2. The largest absolute Gasteiger partial charge is 0.495 e. The molecule has 1 heterocycles. The molecule has 1 saturated heterocycles. The lowest BCUT2D eigenvalue weighted by atomic mass is 10.1. The van der Waals surface area contributed by atoms with Gasteiger partial charge in [0.15, 0.2) is 0 Å². The molecule has 9 heteroatoms. The maximum absolute atomic E-state index is 12.7. The van der Waals surface area contributed by atoms with Gasteiger partial charge in [-0.1, -0.05) is 12.7 Å². The van der Waals surface area contributed by atoms with Gasteiger partial charge >= 0.3 is 0 Å². The number of benzene rings is 2. The number of nitrogens with one attached hydrogen (secondary N) is 3. The first-order valence-electron chi connectivity index (χ1n) is 13.5. The molecule has 212 valence electrons. The minimum atomic E-state index is -0.468. The van der Waals surface area contributed by atoms with Crippen LogP contribution in [0.25, 0.3) is 5.70 Å². The molecule has 0 saturated carbocycles. The second-order valence-corrected chi connectivity index (χ2v) is 9.50. The predicted molar refractivity (Wildman–Crippen MR) is 164 cm³/mol. The lowest BCUT2D eigenvalue weighted by Crippen LogP contribution is -2.28. The molecule has 40 heavy (non-hydrogen) atoms. The Morgan fingerprint density at radius 2 is 1.82 bits per heavy atom. The number of carbonyl (C=O) groups is 2. The minimum Gasteiger partial charge on any atom is -0.495 e. The Morgan fingerprint density at radius 3 is 2.48 bits per heavy atom. The lowest BCUT2D eigenvalue weighted by molar-refractivity contribution is -0.112. The van der Waals surface area contributed by atoms with Crippen LogP contribution in [0.15, 0.2) is 78.0 Å². The molecule has 0 atom stereocenters. The van der Waals surface area contributed by atoms with Crippen molar-refractivity contribution in [1.82, 2.24) is 10.2 Å². The first-order valence-corrected chi connectivity index (χ1v) is 13.5. The molecule has 0 bridgehead atoms. The van der Waals surface area contributed by atoms with E-state index >= 15 is 0 Å². The van der Waals surface area contributed by atoms with Crippen LogP contribution in [0.1, 0.15) is 42.1 Å². The molecule has 2 amide bonds. The Hall–Kier alpha value is -4.37. The molecule has 2 aromatic carbocycles. The summed E-state index contributed by atoms with van der Waals surface area (Å²) >= 11 is 0. The third kappa shape index (κ3) is 8.84. The Morgan fingerprint density at radius 1 is 1.12 bits per heavy atom. The van der Waals surface area contributed by atoms with Crippen LogP contribution in [0.3, 0.4) is 0 Å². The number of aliphatic imine (C=N–C) groups is 1. The quantitative estimate of drug-likeness (QED) is 0.128. The fourth-order valence-electron chi connectivity index (χ4n) is 4.41. The first kappa shape index (κ1) is 30.2. The topological polar surface area (TPSA) is 121 Å². The van der Waals surface area contributed by atoms with Gasteiger partial charge in [0.1, 0.15) is 5.75 Å². The molecule has 0 aliphatic carbocycles. The van der Waals surface area contributed by atoms with Gasteiger partial charge in [0.25, 0.3) is 11.8 Å². The molecule has 5 N–H and O–H groups in total. The van der Waals surface area contributed by atoms with E-state index in [-0.39, 0.29) is 11.6 Å². The molecule has 0 spiro atoms. The SMILES string of the molecule is C=C\C=C(/N=C(C)\C=C(/N)C(=O)Nc1ccc(C(=O)NCCCN2CCCC2)cc1)c1ccc(OC)c(NC)c1. The van der Waals surface area contributed by atoms with Crippen LogP contribution in [0, 0.1) is 0 Å². The normalized spacial score (nSPS) is 14.5. The van der Waals surface area contributed by atoms with Gasteiger partial charge in [-0.3, -0.25) is 14.6 Å². The molecule has 0 unspecified atom stereocenters. The fourth-order valence-corrected chi connectivity index (χ4v) is 4.41.